The number of carboxylic acid groups (broad SMARTS) is 1. The third kappa shape index (κ3) is 2.95. The summed E-state index contributed by atoms with van der Waals surface area (Å²) in [4.78, 5) is 10.6. The second-order valence-corrected chi connectivity index (χ2v) is 6.16. The van der Waals surface area contributed by atoms with Crippen LogP contribution in [0.4, 0.5) is 0 Å². The largest absolute Gasteiger partial charge is 0.475 e. The first-order valence-electron chi connectivity index (χ1n) is 5.92. The Morgan fingerprint density at radius 3 is 2.67 bits per heavy atom. The average molecular weight is 314 g/mol. The van der Waals surface area contributed by atoms with Crippen LogP contribution in [0.3, 0.4) is 0 Å². The van der Waals surface area contributed by atoms with Crippen LogP contribution in [0.25, 0.3) is 0 Å². The van der Waals surface area contributed by atoms with Gasteiger partial charge in [-0.1, -0.05) is 0 Å². The fourth-order valence-corrected chi connectivity index (χ4v) is 3.25. The van der Waals surface area contributed by atoms with E-state index in [0.29, 0.717) is 5.82 Å². The van der Waals surface area contributed by atoms with Crippen molar-refractivity contribution >= 4 is 16.0 Å². The van der Waals surface area contributed by atoms with Gasteiger partial charge in [-0.3, -0.25) is 0 Å². The van der Waals surface area contributed by atoms with Crippen LogP contribution in [-0.2, 0) is 17.1 Å². The van der Waals surface area contributed by atoms with Gasteiger partial charge in [-0.05, 0) is 13.8 Å². The van der Waals surface area contributed by atoms with Gasteiger partial charge in [0.1, 0.15) is 22.8 Å². The maximum absolute atomic E-state index is 12.3. The number of aromatic carboxylic acids is 1. The highest BCUT2D eigenvalue weighted by Gasteiger charge is 2.26. The predicted molar refractivity (Wildman–Crippen MR) is 70.1 cm³/mol. The first-order valence-corrected chi connectivity index (χ1v) is 7.40. The smallest absolute Gasteiger partial charge is 0.371 e. The lowest BCUT2D eigenvalue weighted by molar-refractivity contribution is 0.0661. The van der Waals surface area contributed by atoms with Crippen LogP contribution in [0.2, 0.25) is 0 Å². The van der Waals surface area contributed by atoms with Crippen molar-refractivity contribution in [1.82, 2.24) is 19.5 Å². The number of rotatable bonds is 5. The van der Waals surface area contributed by atoms with E-state index in [-0.39, 0.29) is 10.7 Å². The zero-order chi connectivity index (χ0) is 15.8. The topological polar surface area (TPSA) is 127 Å². The molecule has 2 N–H and O–H groups in total. The SMILES string of the molecule is Cc1oc(C(=O)O)cc1S(=O)(=O)NC(C)c1nncn1C. The van der Waals surface area contributed by atoms with Crippen molar-refractivity contribution in [1.29, 1.82) is 0 Å². The quantitative estimate of drug-likeness (QED) is 0.820. The molecule has 21 heavy (non-hydrogen) atoms. The molecule has 114 valence electrons. The van der Waals surface area contributed by atoms with Gasteiger partial charge in [-0.15, -0.1) is 10.2 Å². The van der Waals surface area contributed by atoms with Crippen molar-refractivity contribution < 1.29 is 22.7 Å². The zero-order valence-corrected chi connectivity index (χ0v) is 12.4. The van der Waals surface area contributed by atoms with E-state index >= 15 is 0 Å². The number of aromatic nitrogens is 3. The van der Waals surface area contributed by atoms with Crippen molar-refractivity contribution in [2.75, 3.05) is 0 Å². The van der Waals surface area contributed by atoms with Gasteiger partial charge in [-0.25, -0.2) is 17.9 Å². The molecule has 0 aliphatic carbocycles. The molecule has 1 unspecified atom stereocenters. The lowest BCUT2D eigenvalue weighted by Gasteiger charge is -2.12. The monoisotopic (exact) mass is 314 g/mol. The molecule has 9 nitrogen and oxygen atoms in total. The van der Waals surface area contributed by atoms with Crippen LogP contribution in [-0.4, -0.2) is 34.3 Å². The Kier molecular flexibility index (Phi) is 3.83. The Labute approximate surface area is 120 Å². The summed E-state index contributed by atoms with van der Waals surface area (Å²) in [6.45, 7) is 2.99. The number of carbonyl (C=O) groups is 1. The van der Waals surface area contributed by atoms with Crippen LogP contribution < -0.4 is 4.72 Å². The summed E-state index contributed by atoms with van der Waals surface area (Å²) in [5, 5.41) is 16.3. The van der Waals surface area contributed by atoms with Gasteiger partial charge < -0.3 is 14.1 Å². The standard InChI is InChI=1S/C11H14N4O5S/c1-6(10-13-12-5-15(10)3)14-21(18,19)9-4-8(11(16)17)20-7(9)2/h4-6,14H,1-3H3,(H,16,17). The van der Waals surface area contributed by atoms with Gasteiger partial charge in [0.2, 0.25) is 15.8 Å². The molecule has 1 atom stereocenters. The van der Waals surface area contributed by atoms with Crippen molar-refractivity contribution in [3.8, 4) is 0 Å². The van der Waals surface area contributed by atoms with E-state index in [9.17, 15) is 13.2 Å². The third-order valence-corrected chi connectivity index (χ3v) is 4.49. The van der Waals surface area contributed by atoms with Crippen LogP contribution in [0.5, 0.6) is 0 Å². The normalized spacial score (nSPS) is 13.3. The van der Waals surface area contributed by atoms with Crippen LogP contribution in [0.15, 0.2) is 21.7 Å². The van der Waals surface area contributed by atoms with E-state index in [1.54, 1.807) is 18.5 Å². The fourth-order valence-electron chi connectivity index (χ4n) is 1.87. The van der Waals surface area contributed by atoms with Crippen molar-refractivity contribution in [2.24, 2.45) is 7.05 Å². The molecular weight excluding hydrogens is 300 g/mol. The van der Waals surface area contributed by atoms with Crippen LogP contribution >= 0.6 is 0 Å². The fraction of sp³-hybridized carbons (Fsp3) is 0.364. The van der Waals surface area contributed by atoms with Gasteiger partial charge >= 0.3 is 5.97 Å². The maximum Gasteiger partial charge on any atom is 0.371 e. The molecule has 0 spiro atoms. The number of carboxylic acids is 1. The van der Waals surface area contributed by atoms with Gasteiger partial charge in [0.25, 0.3) is 0 Å². The third-order valence-electron chi connectivity index (χ3n) is 2.84. The predicted octanol–water partition coefficient (Wildman–Crippen LogP) is 0.454. The molecule has 0 radical (unpaired) electrons. The Hall–Kier alpha value is -2.20. The van der Waals surface area contributed by atoms with E-state index in [1.165, 1.54) is 13.3 Å². The molecule has 2 aromatic heterocycles. The van der Waals surface area contributed by atoms with E-state index < -0.39 is 27.8 Å². The molecule has 2 rings (SSSR count). The molecule has 0 aromatic carbocycles. The number of hydrogen-bond acceptors (Lipinski definition) is 6. The van der Waals surface area contributed by atoms with E-state index in [4.69, 9.17) is 9.52 Å². The summed E-state index contributed by atoms with van der Waals surface area (Å²) in [6.07, 6.45) is 1.45. The van der Waals surface area contributed by atoms with Gasteiger partial charge in [0.05, 0.1) is 6.04 Å². The molecule has 2 aromatic rings. The van der Waals surface area contributed by atoms with Crippen molar-refractivity contribution in [2.45, 2.75) is 24.8 Å². The summed E-state index contributed by atoms with van der Waals surface area (Å²) in [5.74, 6) is -1.33. The molecule has 0 aliphatic rings. The number of nitrogens with one attached hydrogen (secondary N) is 1. The Morgan fingerprint density at radius 2 is 2.19 bits per heavy atom. The van der Waals surface area contributed by atoms with Crippen LogP contribution in [0.1, 0.15) is 35.1 Å². The number of aryl methyl sites for hydroxylation is 2. The number of furan rings is 1. The zero-order valence-electron chi connectivity index (χ0n) is 11.6. The van der Waals surface area contributed by atoms with Crippen molar-refractivity contribution in [3.63, 3.8) is 0 Å². The first-order chi connectivity index (χ1) is 9.72. The molecule has 0 aliphatic heterocycles. The molecule has 0 bridgehead atoms. The van der Waals surface area contributed by atoms with Gasteiger partial charge in [0, 0.05) is 13.1 Å². The maximum atomic E-state index is 12.3. The second kappa shape index (κ2) is 5.30. The Bertz CT molecular complexity index is 776. The Balaban J connectivity index is 2.31. The second-order valence-electron chi connectivity index (χ2n) is 4.48. The summed E-state index contributed by atoms with van der Waals surface area (Å²) in [5.41, 5.74) is 0. The number of hydrogen-bond donors (Lipinski definition) is 2. The minimum atomic E-state index is -3.93. The summed E-state index contributed by atoms with van der Waals surface area (Å²) in [6, 6.07) is 0.341. The van der Waals surface area contributed by atoms with Crippen molar-refractivity contribution in [3.05, 3.63) is 29.7 Å². The van der Waals surface area contributed by atoms with E-state index in [2.05, 4.69) is 14.9 Å². The summed E-state index contributed by atoms with van der Waals surface area (Å²) < 4.78 is 33.5. The summed E-state index contributed by atoms with van der Waals surface area (Å²) in [7, 11) is -2.25. The lowest BCUT2D eigenvalue weighted by Crippen LogP contribution is -2.28. The van der Waals surface area contributed by atoms with Gasteiger partial charge in [0.15, 0.2) is 0 Å². The molecule has 0 fully saturated rings. The molecule has 0 saturated heterocycles. The minimum absolute atomic E-state index is 0.00469. The first kappa shape index (κ1) is 15.2. The highest BCUT2D eigenvalue weighted by Crippen LogP contribution is 2.22. The molecule has 0 saturated carbocycles. The molecule has 0 amide bonds. The lowest BCUT2D eigenvalue weighted by atomic mass is 10.3. The average Bonchev–Trinajstić information content (AvgIpc) is 2.94. The Morgan fingerprint density at radius 1 is 1.52 bits per heavy atom. The number of nitrogens with zero attached hydrogens (tertiary/aromatic N) is 3. The highest BCUT2D eigenvalue weighted by atomic mass is 32.2. The minimum Gasteiger partial charge on any atom is -0.475 e. The molecule has 2 heterocycles. The molecular formula is C11H14N4O5S. The highest BCUT2D eigenvalue weighted by molar-refractivity contribution is 7.89. The number of sulfonamides is 1. The van der Waals surface area contributed by atoms with E-state index in [1.807, 2.05) is 0 Å². The summed E-state index contributed by atoms with van der Waals surface area (Å²) >= 11 is 0. The van der Waals surface area contributed by atoms with Gasteiger partial charge in [-0.2, -0.15) is 0 Å². The van der Waals surface area contributed by atoms with E-state index in [0.717, 1.165) is 6.07 Å². The molecule has 10 heteroatoms. The van der Waals surface area contributed by atoms with Crippen LogP contribution in [0, 0.1) is 6.92 Å².